The summed E-state index contributed by atoms with van der Waals surface area (Å²) in [5, 5.41) is 2.61. The molecular formula is C17H23N3O5. The first-order valence-electron chi connectivity index (χ1n) is 8.14. The van der Waals surface area contributed by atoms with Crippen LogP contribution in [0.15, 0.2) is 12.1 Å². The van der Waals surface area contributed by atoms with E-state index in [2.05, 4.69) is 10.3 Å². The lowest BCUT2D eigenvalue weighted by atomic mass is 10.2. The van der Waals surface area contributed by atoms with Gasteiger partial charge in [-0.15, -0.1) is 0 Å². The minimum absolute atomic E-state index is 0.114. The van der Waals surface area contributed by atoms with Crippen LogP contribution < -0.4 is 5.32 Å². The molecule has 0 spiro atoms. The van der Waals surface area contributed by atoms with Crippen LogP contribution in [0.5, 0.6) is 0 Å². The van der Waals surface area contributed by atoms with Crippen molar-refractivity contribution in [1.29, 1.82) is 0 Å². The van der Waals surface area contributed by atoms with Gasteiger partial charge >= 0.3 is 12.1 Å². The average molecular weight is 349 g/mol. The van der Waals surface area contributed by atoms with Gasteiger partial charge in [0.25, 0.3) is 5.91 Å². The highest BCUT2D eigenvalue weighted by atomic mass is 16.6. The van der Waals surface area contributed by atoms with E-state index in [9.17, 15) is 14.4 Å². The van der Waals surface area contributed by atoms with Crippen LogP contribution in [0.4, 0.5) is 4.79 Å². The first-order valence-corrected chi connectivity index (χ1v) is 8.14. The SMILES string of the molecule is CCOC(=O)c1ccc2c(n1)C(=O)N(CCNC(=O)OC(C)(C)C)C2. The molecule has 2 rings (SSSR count). The lowest BCUT2D eigenvalue weighted by Crippen LogP contribution is -2.38. The third-order valence-electron chi connectivity index (χ3n) is 3.36. The van der Waals surface area contributed by atoms with E-state index < -0.39 is 17.7 Å². The minimum Gasteiger partial charge on any atom is -0.461 e. The molecule has 0 atom stereocenters. The molecule has 0 aromatic carbocycles. The number of fused-ring (bicyclic) bond motifs is 1. The highest BCUT2D eigenvalue weighted by molar-refractivity contribution is 5.98. The van der Waals surface area contributed by atoms with Gasteiger partial charge in [-0.25, -0.2) is 14.6 Å². The summed E-state index contributed by atoms with van der Waals surface area (Å²) in [6, 6.07) is 3.25. The van der Waals surface area contributed by atoms with Crippen molar-refractivity contribution in [2.45, 2.75) is 39.8 Å². The number of ether oxygens (including phenoxy) is 2. The summed E-state index contributed by atoms with van der Waals surface area (Å²) in [7, 11) is 0. The third-order valence-corrected chi connectivity index (χ3v) is 3.36. The molecule has 2 amide bonds. The number of esters is 1. The Morgan fingerprint density at radius 1 is 1.32 bits per heavy atom. The fourth-order valence-electron chi connectivity index (χ4n) is 2.33. The fourth-order valence-corrected chi connectivity index (χ4v) is 2.33. The van der Waals surface area contributed by atoms with Crippen molar-refractivity contribution in [3.63, 3.8) is 0 Å². The summed E-state index contributed by atoms with van der Waals surface area (Å²) in [6.45, 7) is 8.26. The Labute approximate surface area is 146 Å². The number of hydrogen-bond donors (Lipinski definition) is 1. The van der Waals surface area contributed by atoms with E-state index in [-0.39, 0.29) is 30.4 Å². The summed E-state index contributed by atoms with van der Waals surface area (Å²) in [4.78, 5) is 41.4. The Balaban J connectivity index is 1.92. The van der Waals surface area contributed by atoms with Crippen LogP contribution in [0.25, 0.3) is 0 Å². The number of hydrogen-bond acceptors (Lipinski definition) is 6. The molecule has 0 unspecified atom stereocenters. The molecule has 0 aliphatic carbocycles. The lowest BCUT2D eigenvalue weighted by Gasteiger charge is -2.20. The highest BCUT2D eigenvalue weighted by Gasteiger charge is 2.30. The zero-order valence-corrected chi connectivity index (χ0v) is 14.9. The molecule has 0 bridgehead atoms. The highest BCUT2D eigenvalue weighted by Crippen LogP contribution is 2.21. The Bertz CT molecular complexity index is 681. The Hall–Kier alpha value is -2.64. The van der Waals surface area contributed by atoms with Crippen LogP contribution in [0.2, 0.25) is 0 Å². The molecule has 1 aromatic rings. The Morgan fingerprint density at radius 3 is 2.68 bits per heavy atom. The first kappa shape index (κ1) is 18.7. The minimum atomic E-state index is -0.572. The van der Waals surface area contributed by atoms with Crippen LogP contribution >= 0.6 is 0 Å². The van der Waals surface area contributed by atoms with Crippen molar-refractivity contribution in [3.05, 3.63) is 29.1 Å². The zero-order chi connectivity index (χ0) is 18.6. The molecule has 1 N–H and O–H groups in total. The van der Waals surface area contributed by atoms with E-state index in [4.69, 9.17) is 9.47 Å². The van der Waals surface area contributed by atoms with Gasteiger partial charge < -0.3 is 19.7 Å². The van der Waals surface area contributed by atoms with Gasteiger partial charge in [-0.3, -0.25) is 4.79 Å². The van der Waals surface area contributed by atoms with E-state index in [1.165, 1.54) is 0 Å². The van der Waals surface area contributed by atoms with E-state index in [1.54, 1.807) is 44.7 Å². The van der Waals surface area contributed by atoms with Crippen LogP contribution in [0.1, 0.15) is 54.2 Å². The summed E-state index contributed by atoms with van der Waals surface area (Å²) in [5.41, 5.74) is 0.540. The fraction of sp³-hybridized carbons (Fsp3) is 0.529. The maximum Gasteiger partial charge on any atom is 0.407 e. The van der Waals surface area contributed by atoms with Crippen LogP contribution in [-0.2, 0) is 16.0 Å². The molecule has 8 heteroatoms. The lowest BCUT2D eigenvalue weighted by molar-refractivity contribution is 0.0506. The molecule has 8 nitrogen and oxygen atoms in total. The van der Waals surface area contributed by atoms with Crippen molar-refractivity contribution < 1.29 is 23.9 Å². The number of nitrogens with zero attached hydrogens (tertiary/aromatic N) is 2. The molecule has 1 aliphatic heterocycles. The number of pyridine rings is 1. The van der Waals surface area contributed by atoms with Gasteiger partial charge in [0.15, 0.2) is 0 Å². The van der Waals surface area contributed by atoms with Crippen molar-refractivity contribution in [2.75, 3.05) is 19.7 Å². The van der Waals surface area contributed by atoms with Gasteiger partial charge in [0.05, 0.1) is 6.61 Å². The summed E-state index contributed by atoms with van der Waals surface area (Å²) in [5.74, 6) is -0.824. The van der Waals surface area contributed by atoms with Crippen molar-refractivity contribution in [3.8, 4) is 0 Å². The molecule has 1 aliphatic rings. The number of aromatic nitrogens is 1. The van der Waals surface area contributed by atoms with Gasteiger partial charge in [-0.1, -0.05) is 6.07 Å². The Morgan fingerprint density at radius 2 is 2.04 bits per heavy atom. The van der Waals surface area contributed by atoms with Crippen LogP contribution in [0.3, 0.4) is 0 Å². The predicted molar refractivity (Wildman–Crippen MR) is 89.2 cm³/mol. The average Bonchev–Trinajstić information content (AvgIpc) is 2.82. The molecule has 2 heterocycles. The van der Waals surface area contributed by atoms with E-state index in [0.29, 0.717) is 13.1 Å². The molecule has 25 heavy (non-hydrogen) atoms. The van der Waals surface area contributed by atoms with Crippen LogP contribution in [-0.4, -0.2) is 53.2 Å². The molecule has 1 aromatic heterocycles. The number of amides is 2. The van der Waals surface area contributed by atoms with E-state index >= 15 is 0 Å². The largest absolute Gasteiger partial charge is 0.461 e. The molecular weight excluding hydrogens is 326 g/mol. The van der Waals surface area contributed by atoms with Crippen molar-refractivity contribution in [1.82, 2.24) is 15.2 Å². The predicted octanol–water partition coefficient (Wildman–Crippen LogP) is 1.74. The first-order chi connectivity index (χ1) is 11.7. The van der Waals surface area contributed by atoms with Gasteiger partial charge in [-0.05, 0) is 33.8 Å². The van der Waals surface area contributed by atoms with E-state index in [1.807, 2.05) is 0 Å². The number of carbonyl (C=O) groups is 3. The molecule has 0 saturated heterocycles. The number of rotatable bonds is 5. The number of nitrogens with one attached hydrogen (secondary N) is 1. The molecule has 136 valence electrons. The second-order valence-electron chi connectivity index (χ2n) is 6.58. The second kappa shape index (κ2) is 7.50. The molecule has 0 fully saturated rings. The third kappa shape index (κ3) is 4.91. The van der Waals surface area contributed by atoms with Gasteiger partial charge in [0, 0.05) is 25.2 Å². The number of alkyl carbamates (subject to hydrolysis) is 1. The maximum atomic E-state index is 12.4. The van der Waals surface area contributed by atoms with Gasteiger partial charge in [0.1, 0.15) is 17.0 Å². The van der Waals surface area contributed by atoms with Crippen molar-refractivity contribution >= 4 is 18.0 Å². The summed E-state index contributed by atoms with van der Waals surface area (Å²) < 4.78 is 10.0. The van der Waals surface area contributed by atoms with Gasteiger partial charge in [-0.2, -0.15) is 0 Å². The Kier molecular flexibility index (Phi) is 5.61. The smallest absolute Gasteiger partial charge is 0.407 e. The summed E-state index contributed by atoms with van der Waals surface area (Å²) in [6.07, 6.45) is -0.528. The topological polar surface area (TPSA) is 97.8 Å². The van der Waals surface area contributed by atoms with Crippen molar-refractivity contribution in [2.24, 2.45) is 0 Å². The van der Waals surface area contributed by atoms with E-state index in [0.717, 1.165) is 5.56 Å². The number of carbonyl (C=O) groups excluding carboxylic acids is 3. The quantitative estimate of drug-likeness (QED) is 0.813. The molecule has 0 saturated carbocycles. The zero-order valence-electron chi connectivity index (χ0n) is 14.9. The summed E-state index contributed by atoms with van der Waals surface area (Å²) >= 11 is 0. The standard InChI is InChI=1S/C17H23N3O5/c1-5-24-15(22)12-7-6-11-10-20(14(21)13(11)19-12)9-8-18-16(23)25-17(2,3)4/h6-7H,5,8-10H2,1-4H3,(H,18,23). The molecule has 0 radical (unpaired) electrons. The second-order valence-corrected chi connectivity index (χ2v) is 6.58. The monoisotopic (exact) mass is 349 g/mol. The normalized spacial score (nSPS) is 13.4. The van der Waals surface area contributed by atoms with Crippen LogP contribution in [0, 0.1) is 0 Å². The van der Waals surface area contributed by atoms with Gasteiger partial charge in [0.2, 0.25) is 0 Å². The maximum absolute atomic E-state index is 12.4.